The van der Waals surface area contributed by atoms with Crippen molar-refractivity contribution in [3.63, 3.8) is 0 Å². The van der Waals surface area contributed by atoms with Gasteiger partial charge in [0.05, 0.1) is 5.69 Å². The zero-order chi connectivity index (χ0) is 44.3. The maximum absolute atomic E-state index is 4.35. The fraction of sp³-hybridized carbons (Fsp3) is 0. The Kier molecular flexibility index (Phi) is 11.0. The average Bonchev–Trinajstić information content (AvgIpc) is 3.42. The molecule has 0 spiro atoms. The van der Waals surface area contributed by atoms with Crippen LogP contribution in [0.15, 0.2) is 297 Å². The molecule has 1 heterocycles. The maximum Gasteiger partial charge on any atom is 0.239 e. The zero-order valence-corrected chi connectivity index (χ0v) is 40.7. The number of rotatable bonds is 11. The molecule has 316 valence electrons. The molecule has 11 rings (SSSR count). The van der Waals surface area contributed by atoms with Crippen LogP contribution in [0.5, 0.6) is 0 Å². The Morgan fingerprint density at radius 2 is 0.530 bits per heavy atom. The van der Waals surface area contributed by atoms with Crippen LogP contribution in [0.2, 0.25) is 0 Å². The highest BCUT2D eigenvalue weighted by atomic mass is 29.8. The Morgan fingerprint density at radius 3 is 0.924 bits per heavy atom. The minimum atomic E-state index is -3.69. The van der Waals surface area contributed by atoms with E-state index in [4.69, 9.17) is 0 Å². The Bertz CT molecular complexity index is 3030. The second kappa shape index (κ2) is 17.6. The summed E-state index contributed by atoms with van der Waals surface area (Å²) >= 11 is 0. The highest BCUT2D eigenvalue weighted by Gasteiger charge is 2.84. The van der Waals surface area contributed by atoms with Gasteiger partial charge in [0.2, 0.25) is 7.75 Å². The van der Waals surface area contributed by atoms with E-state index in [0.29, 0.717) is 0 Å². The summed E-state index contributed by atoms with van der Waals surface area (Å²) in [5, 5.41) is 13.1. The fourth-order valence-corrected chi connectivity index (χ4v) is 91.5. The molecule has 0 aromatic heterocycles. The summed E-state index contributed by atoms with van der Waals surface area (Å²) in [6.45, 7) is 0. The fourth-order valence-electron chi connectivity index (χ4n) is 12.2. The number of nitrogens with one attached hydrogen (secondary N) is 1. The summed E-state index contributed by atoms with van der Waals surface area (Å²) in [5.74, 6) is 0. The predicted molar refractivity (Wildman–Crippen MR) is 290 cm³/mol. The van der Waals surface area contributed by atoms with E-state index in [9.17, 15) is 0 Å². The van der Waals surface area contributed by atoms with Crippen LogP contribution in [-0.4, -0.2) is 29.6 Å². The van der Waals surface area contributed by atoms with Crippen LogP contribution in [0.1, 0.15) is 0 Å². The van der Waals surface area contributed by atoms with E-state index in [2.05, 4.69) is 307 Å². The number of para-hydroxylation sites is 2. The first-order valence-electron chi connectivity index (χ1n) is 22.9. The van der Waals surface area contributed by atoms with Crippen LogP contribution in [0.3, 0.4) is 0 Å². The Morgan fingerprint density at radius 1 is 0.242 bits per heavy atom. The van der Waals surface area contributed by atoms with Crippen LogP contribution in [0, 0.1) is 0 Å². The lowest BCUT2D eigenvalue weighted by molar-refractivity contribution is 1.23. The molecule has 10 aromatic carbocycles. The summed E-state index contributed by atoms with van der Waals surface area (Å²) in [5.41, 5.74) is 6.55. The zero-order valence-electron chi connectivity index (χ0n) is 36.7. The third-order valence-corrected chi connectivity index (χ3v) is 67.1. The quantitative estimate of drug-likeness (QED) is 0.107. The molecule has 1 aliphatic rings. The topological polar surface area (TPSA) is 15.3 Å². The minimum absolute atomic E-state index is 1.05. The van der Waals surface area contributed by atoms with Crippen LogP contribution >= 0.6 is 0 Å². The summed E-state index contributed by atoms with van der Waals surface area (Å²) in [6, 6.07) is 115. The van der Waals surface area contributed by atoms with E-state index in [1.807, 2.05) is 0 Å². The molecule has 1 unspecified atom stereocenters. The van der Waals surface area contributed by atoms with Gasteiger partial charge in [0, 0.05) is 5.69 Å². The van der Waals surface area contributed by atoms with E-state index < -0.39 is 29.6 Å². The molecule has 0 saturated carbocycles. The van der Waals surface area contributed by atoms with Crippen molar-refractivity contribution >= 4 is 87.6 Å². The molecule has 0 amide bonds. The molecule has 2 nitrogen and oxygen atoms in total. The smallest absolute Gasteiger partial charge is 0.239 e. The molecule has 0 bridgehead atoms. The molecule has 0 radical (unpaired) electrons. The van der Waals surface area contributed by atoms with Gasteiger partial charge in [-0.2, -0.15) is 0 Å². The summed E-state index contributed by atoms with van der Waals surface area (Å²) < 4.78 is 2.78. The normalized spacial score (nSPS) is 16.6. The second-order valence-electron chi connectivity index (χ2n) is 17.2. The highest BCUT2D eigenvalue weighted by Crippen LogP contribution is 2.42. The van der Waals surface area contributed by atoms with Gasteiger partial charge in [0.1, 0.15) is 21.8 Å². The molecule has 66 heavy (non-hydrogen) atoms. The van der Waals surface area contributed by atoms with Crippen molar-refractivity contribution in [3.05, 3.63) is 297 Å². The van der Waals surface area contributed by atoms with Gasteiger partial charge in [-0.3, -0.25) is 0 Å². The molecule has 0 fully saturated rings. The first-order chi connectivity index (χ1) is 32.8. The standard InChI is InChI=1S/C60H50N2Si4/c1-10-30-50(31-11-1)61-62(51-32-12-2-13-33-51)64(54-38-18-5-19-39-54)60-49-29-28-48-59(60)63(52-34-14-3-15-35-52,53-36-16-4-17-37-53)65(55-40-20-6-21-41-55,56-42-22-7-23-43-56)66(64,57-44-24-8-25-45-57)58-46-26-9-27-47-58/h1-49,61H. The van der Waals surface area contributed by atoms with E-state index >= 15 is 0 Å². The van der Waals surface area contributed by atoms with Crippen molar-refractivity contribution in [2.24, 2.45) is 0 Å². The van der Waals surface area contributed by atoms with Crippen LogP contribution in [-0.2, 0) is 0 Å². The van der Waals surface area contributed by atoms with Crippen molar-refractivity contribution < 1.29 is 0 Å². The van der Waals surface area contributed by atoms with Crippen molar-refractivity contribution in [2.45, 2.75) is 0 Å². The van der Waals surface area contributed by atoms with E-state index in [1.54, 1.807) is 0 Å². The van der Waals surface area contributed by atoms with Crippen LogP contribution in [0.4, 0.5) is 11.4 Å². The molecule has 1 N–H and O–H groups in total. The van der Waals surface area contributed by atoms with Gasteiger partial charge in [-0.15, -0.1) is 0 Å². The third-order valence-electron chi connectivity index (χ3n) is 14.2. The van der Waals surface area contributed by atoms with E-state index in [1.165, 1.54) is 46.7 Å². The number of hydrazine groups is 1. The molecule has 0 saturated heterocycles. The molecule has 0 aliphatic carbocycles. The molecule has 10 aromatic rings. The predicted octanol–water partition coefficient (Wildman–Crippen LogP) is 7.53. The van der Waals surface area contributed by atoms with Gasteiger partial charge in [-0.25, -0.2) is 0 Å². The molecular formula is C60H50N2Si4. The molecular weight excluding hydrogens is 861 g/mol. The lowest BCUT2D eigenvalue weighted by atomic mass is 10.3. The minimum Gasteiger partial charge on any atom is -0.308 e. The summed E-state index contributed by atoms with van der Waals surface area (Å²) in [6.07, 6.45) is 0. The van der Waals surface area contributed by atoms with Gasteiger partial charge in [-0.05, 0) is 39.8 Å². The van der Waals surface area contributed by atoms with Crippen LogP contribution in [0.25, 0.3) is 0 Å². The second-order valence-corrected chi connectivity index (χ2v) is 45.1. The Balaban J connectivity index is 1.56. The average molecular weight is 911 g/mol. The number of hydrogen-bond acceptors (Lipinski definition) is 2. The largest absolute Gasteiger partial charge is 0.308 e. The van der Waals surface area contributed by atoms with Gasteiger partial charge in [0.25, 0.3) is 0 Å². The number of benzene rings is 10. The van der Waals surface area contributed by atoms with Gasteiger partial charge >= 0.3 is 0 Å². The van der Waals surface area contributed by atoms with E-state index in [-0.39, 0.29) is 0 Å². The molecule has 1 atom stereocenters. The summed E-state index contributed by atoms with van der Waals surface area (Å²) in [4.78, 5) is 0. The SMILES string of the molecule is c1ccc(NN(c2ccccc2)[Si]2(c3ccccc3)c3ccccc3[Si](c3ccccc3)(c3ccccc3)[Si](c3ccccc3)(c3ccccc3)[Si]2(c2ccccc2)c2ccccc2)cc1. The number of nitrogens with zero attached hydrogens (tertiary/aromatic N) is 1. The van der Waals surface area contributed by atoms with Gasteiger partial charge in [0.15, 0.2) is 0 Å². The van der Waals surface area contributed by atoms with Gasteiger partial charge in [-0.1, -0.05) is 304 Å². The van der Waals surface area contributed by atoms with Crippen molar-refractivity contribution in [1.29, 1.82) is 0 Å². The monoisotopic (exact) mass is 910 g/mol. The van der Waals surface area contributed by atoms with Crippen molar-refractivity contribution in [2.75, 3.05) is 10.1 Å². The highest BCUT2D eigenvalue weighted by molar-refractivity contribution is 8.02. The lowest BCUT2D eigenvalue weighted by Gasteiger charge is -2.69. The van der Waals surface area contributed by atoms with E-state index in [0.717, 1.165) is 11.4 Å². The Labute approximate surface area is 392 Å². The third kappa shape index (κ3) is 6.03. The first kappa shape index (κ1) is 41.4. The molecule has 6 heteroatoms. The Hall–Kier alpha value is -7.33. The van der Waals surface area contributed by atoms with Crippen molar-refractivity contribution in [1.82, 2.24) is 0 Å². The lowest BCUT2D eigenvalue weighted by Crippen LogP contribution is -3.15. The number of hydrogen-bond donors (Lipinski definition) is 1. The van der Waals surface area contributed by atoms with Gasteiger partial charge < -0.3 is 10.1 Å². The van der Waals surface area contributed by atoms with Crippen LogP contribution < -0.4 is 56.8 Å². The maximum atomic E-state index is 4.35. The van der Waals surface area contributed by atoms with Crippen molar-refractivity contribution in [3.8, 4) is 0 Å². The molecule has 1 aliphatic heterocycles. The number of fused-ring (bicyclic) bond motifs is 1. The number of anilines is 2. The first-order valence-corrected chi connectivity index (χ1v) is 33.9. The summed E-state index contributed by atoms with van der Waals surface area (Å²) in [7, 11) is -14.3.